The van der Waals surface area contributed by atoms with E-state index in [9.17, 15) is 9.59 Å². The zero-order valence-corrected chi connectivity index (χ0v) is 18.5. The van der Waals surface area contributed by atoms with Crippen LogP contribution in [0.2, 0.25) is 0 Å². The van der Waals surface area contributed by atoms with Gasteiger partial charge in [-0.15, -0.1) is 0 Å². The fourth-order valence-corrected chi connectivity index (χ4v) is 4.40. The molecule has 0 bridgehead atoms. The van der Waals surface area contributed by atoms with Gasteiger partial charge in [0.15, 0.2) is 0 Å². The Balaban J connectivity index is 1.86. The van der Waals surface area contributed by atoms with Crippen LogP contribution in [-0.4, -0.2) is 40.9 Å². The number of benzene rings is 1. The Kier molecular flexibility index (Phi) is 6.65. The molecule has 2 aromatic rings. The Hall–Kier alpha value is -2.31. The lowest BCUT2D eigenvalue weighted by Gasteiger charge is -2.12. The van der Waals surface area contributed by atoms with Crippen molar-refractivity contribution in [3.05, 3.63) is 57.8 Å². The number of ether oxygens (including phenoxy) is 1. The highest BCUT2D eigenvalue weighted by Crippen LogP contribution is 2.34. The highest BCUT2D eigenvalue weighted by molar-refractivity contribution is 8.18. The molecule has 0 atom stereocenters. The number of aromatic nitrogens is 1. The number of carbonyl (C=O) groups is 2. The number of thioether (sulfide) groups is 1. The summed E-state index contributed by atoms with van der Waals surface area (Å²) in [7, 11) is 1.61. The van der Waals surface area contributed by atoms with Crippen LogP contribution >= 0.6 is 11.8 Å². The molecule has 0 unspecified atom stereocenters. The van der Waals surface area contributed by atoms with Crippen LogP contribution in [0.15, 0.2) is 35.2 Å². The smallest absolute Gasteiger partial charge is 0.293 e. The highest BCUT2D eigenvalue weighted by atomic mass is 32.2. The lowest BCUT2D eigenvalue weighted by Crippen LogP contribution is -2.29. The predicted octanol–water partition coefficient (Wildman–Crippen LogP) is 5.29. The summed E-state index contributed by atoms with van der Waals surface area (Å²) in [4.78, 5) is 26.7. The van der Waals surface area contributed by atoms with E-state index in [1.807, 2.05) is 13.0 Å². The van der Waals surface area contributed by atoms with E-state index in [0.29, 0.717) is 30.4 Å². The summed E-state index contributed by atoms with van der Waals surface area (Å²) in [6.07, 6.45) is 2.48. The van der Waals surface area contributed by atoms with Gasteiger partial charge in [0.25, 0.3) is 11.1 Å². The number of hydrogen-bond acceptors (Lipinski definition) is 4. The van der Waals surface area contributed by atoms with Gasteiger partial charge in [0.05, 0.1) is 4.91 Å². The minimum atomic E-state index is -0.220. The zero-order valence-electron chi connectivity index (χ0n) is 17.7. The SMILES string of the molecule is COCCCN1C(=O)S/C(=C/c2cc(C)n(-c3ccc(C(C)C)cc3)c2C)C1=O. The van der Waals surface area contributed by atoms with E-state index in [2.05, 4.69) is 55.7 Å². The van der Waals surface area contributed by atoms with Crippen LogP contribution in [0.1, 0.15) is 48.7 Å². The molecule has 5 nitrogen and oxygen atoms in total. The first-order valence-electron chi connectivity index (χ1n) is 9.87. The fourth-order valence-electron chi connectivity index (χ4n) is 3.54. The van der Waals surface area contributed by atoms with Crippen molar-refractivity contribution in [3.8, 4) is 5.69 Å². The summed E-state index contributed by atoms with van der Waals surface area (Å²) >= 11 is 1.01. The maximum Gasteiger partial charge on any atom is 0.293 e. The molecule has 1 aliphatic heterocycles. The average molecular weight is 413 g/mol. The Labute approximate surface area is 176 Å². The Bertz CT molecular complexity index is 942. The lowest BCUT2D eigenvalue weighted by molar-refractivity contribution is -0.122. The third-order valence-electron chi connectivity index (χ3n) is 5.18. The van der Waals surface area contributed by atoms with Crippen molar-refractivity contribution in [3.63, 3.8) is 0 Å². The van der Waals surface area contributed by atoms with Crippen LogP contribution < -0.4 is 0 Å². The molecule has 1 fully saturated rings. The van der Waals surface area contributed by atoms with E-state index in [-0.39, 0.29) is 11.1 Å². The van der Waals surface area contributed by atoms with Crippen LogP contribution in [0.25, 0.3) is 11.8 Å². The monoisotopic (exact) mass is 412 g/mol. The summed E-state index contributed by atoms with van der Waals surface area (Å²) in [5.74, 6) is 0.271. The van der Waals surface area contributed by atoms with E-state index in [4.69, 9.17) is 4.74 Å². The topological polar surface area (TPSA) is 51.5 Å². The minimum absolute atomic E-state index is 0.213. The van der Waals surface area contributed by atoms with Gasteiger partial charge >= 0.3 is 0 Å². The van der Waals surface area contributed by atoms with Gasteiger partial charge in [0, 0.05) is 37.3 Å². The average Bonchev–Trinajstić information content (AvgIpc) is 3.11. The van der Waals surface area contributed by atoms with Crippen molar-refractivity contribution in [1.29, 1.82) is 0 Å². The molecule has 1 aliphatic rings. The Morgan fingerprint density at radius 2 is 1.83 bits per heavy atom. The van der Waals surface area contributed by atoms with Crippen molar-refractivity contribution in [2.24, 2.45) is 0 Å². The molecule has 3 rings (SSSR count). The van der Waals surface area contributed by atoms with Gasteiger partial charge in [0.2, 0.25) is 0 Å². The zero-order chi connectivity index (χ0) is 21.1. The molecule has 2 heterocycles. The molecular formula is C23H28N2O3S. The molecule has 1 aromatic heterocycles. The first-order chi connectivity index (χ1) is 13.8. The Morgan fingerprint density at radius 1 is 1.14 bits per heavy atom. The van der Waals surface area contributed by atoms with Crippen LogP contribution in [0.4, 0.5) is 4.79 Å². The van der Waals surface area contributed by atoms with E-state index in [1.165, 1.54) is 10.5 Å². The van der Waals surface area contributed by atoms with Crippen molar-refractivity contribution >= 4 is 29.0 Å². The molecule has 0 radical (unpaired) electrons. The van der Waals surface area contributed by atoms with Crippen LogP contribution in [0.3, 0.4) is 0 Å². The fraction of sp³-hybridized carbons (Fsp3) is 0.391. The largest absolute Gasteiger partial charge is 0.385 e. The van der Waals surface area contributed by atoms with Crippen molar-refractivity contribution in [1.82, 2.24) is 9.47 Å². The van der Waals surface area contributed by atoms with Gasteiger partial charge in [-0.1, -0.05) is 26.0 Å². The number of amides is 2. The van der Waals surface area contributed by atoms with Crippen molar-refractivity contribution < 1.29 is 14.3 Å². The molecule has 1 saturated heterocycles. The van der Waals surface area contributed by atoms with Gasteiger partial charge in [-0.25, -0.2) is 0 Å². The second-order valence-electron chi connectivity index (χ2n) is 7.59. The third-order valence-corrected chi connectivity index (χ3v) is 6.09. The summed E-state index contributed by atoms with van der Waals surface area (Å²) < 4.78 is 7.19. The maximum absolute atomic E-state index is 12.7. The summed E-state index contributed by atoms with van der Waals surface area (Å²) in [5.41, 5.74) is 5.49. The number of rotatable bonds is 7. The van der Waals surface area contributed by atoms with Gasteiger partial charge in [-0.3, -0.25) is 14.5 Å². The molecule has 0 saturated carbocycles. The standard InChI is InChI=1S/C23H28N2O3S/c1-15(2)18-7-9-20(10-8-18)25-16(3)13-19(17(25)4)14-21-22(26)24(23(27)29-21)11-6-12-28-5/h7-10,13-15H,6,11-12H2,1-5H3/b21-14+. The molecule has 0 spiro atoms. The number of methoxy groups -OCH3 is 1. The number of carbonyl (C=O) groups excluding carboxylic acids is 2. The van der Waals surface area contributed by atoms with Crippen LogP contribution in [0, 0.1) is 13.8 Å². The number of aryl methyl sites for hydroxylation is 1. The van der Waals surface area contributed by atoms with Gasteiger partial charge in [-0.2, -0.15) is 0 Å². The van der Waals surface area contributed by atoms with E-state index in [0.717, 1.165) is 34.4 Å². The Morgan fingerprint density at radius 3 is 2.45 bits per heavy atom. The second kappa shape index (κ2) is 9.01. The van der Waals surface area contributed by atoms with E-state index in [1.54, 1.807) is 7.11 Å². The van der Waals surface area contributed by atoms with Gasteiger partial charge in [0.1, 0.15) is 0 Å². The molecule has 0 N–H and O–H groups in total. The molecule has 154 valence electrons. The van der Waals surface area contributed by atoms with E-state index >= 15 is 0 Å². The van der Waals surface area contributed by atoms with Gasteiger partial charge < -0.3 is 9.30 Å². The molecule has 0 aliphatic carbocycles. The first kappa shape index (κ1) is 21.4. The molecule has 2 amide bonds. The number of imide groups is 1. The summed E-state index contributed by atoms with van der Waals surface area (Å²) in [6, 6.07) is 10.6. The second-order valence-corrected chi connectivity index (χ2v) is 8.58. The quantitative estimate of drug-likeness (QED) is 0.458. The number of nitrogens with zero attached hydrogens (tertiary/aromatic N) is 2. The maximum atomic E-state index is 12.7. The van der Waals surface area contributed by atoms with Crippen molar-refractivity contribution in [2.45, 2.75) is 40.0 Å². The molecular weight excluding hydrogens is 384 g/mol. The highest BCUT2D eigenvalue weighted by Gasteiger charge is 2.34. The van der Waals surface area contributed by atoms with Crippen LogP contribution in [0.5, 0.6) is 0 Å². The van der Waals surface area contributed by atoms with Crippen molar-refractivity contribution in [2.75, 3.05) is 20.3 Å². The lowest BCUT2D eigenvalue weighted by atomic mass is 10.0. The predicted molar refractivity (Wildman–Crippen MR) is 119 cm³/mol. The normalized spacial score (nSPS) is 15.9. The molecule has 1 aromatic carbocycles. The first-order valence-corrected chi connectivity index (χ1v) is 10.7. The van der Waals surface area contributed by atoms with E-state index < -0.39 is 0 Å². The number of hydrogen-bond donors (Lipinski definition) is 0. The summed E-state index contributed by atoms with van der Waals surface area (Å²) in [6.45, 7) is 9.37. The van der Waals surface area contributed by atoms with Gasteiger partial charge in [-0.05, 0) is 73.4 Å². The van der Waals surface area contributed by atoms with Crippen LogP contribution in [-0.2, 0) is 9.53 Å². The molecule has 29 heavy (non-hydrogen) atoms. The third kappa shape index (κ3) is 4.49. The summed E-state index contributed by atoms with van der Waals surface area (Å²) in [5, 5.41) is -0.213. The molecule has 6 heteroatoms. The minimum Gasteiger partial charge on any atom is -0.385 e.